The van der Waals surface area contributed by atoms with E-state index < -0.39 is 0 Å². The average Bonchev–Trinajstić information content (AvgIpc) is 2.92. The minimum absolute atomic E-state index is 0.165. The third kappa shape index (κ3) is 3.27. The Kier molecular flexibility index (Phi) is 4.55. The van der Waals surface area contributed by atoms with Crippen LogP contribution < -0.4 is 5.32 Å². The largest absolute Gasteiger partial charge is 0.375 e. The molecule has 21 heavy (non-hydrogen) atoms. The molecule has 116 valence electrons. The van der Waals surface area contributed by atoms with Crippen molar-refractivity contribution in [1.29, 1.82) is 0 Å². The maximum atomic E-state index is 6.18. The molecule has 1 aromatic heterocycles. The van der Waals surface area contributed by atoms with Crippen LogP contribution >= 0.6 is 0 Å². The third-order valence-electron chi connectivity index (χ3n) is 5.06. The molecular weight excluding hydrogens is 262 g/mol. The SMILES string of the molecule is CCNC(c1ccnc(C)n1)C1CCOC2(CCCC2)C1. The van der Waals surface area contributed by atoms with Gasteiger partial charge in [0.15, 0.2) is 0 Å². The highest BCUT2D eigenvalue weighted by Crippen LogP contribution is 2.45. The molecule has 2 aliphatic rings. The highest BCUT2D eigenvalue weighted by Gasteiger charge is 2.42. The summed E-state index contributed by atoms with van der Waals surface area (Å²) in [6, 6.07) is 2.40. The molecule has 3 rings (SSSR count). The number of rotatable bonds is 4. The van der Waals surface area contributed by atoms with Gasteiger partial charge in [-0.3, -0.25) is 0 Å². The first-order valence-electron chi connectivity index (χ1n) is 8.39. The van der Waals surface area contributed by atoms with Crippen molar-refractivity contribution in [2.75, 3.05) is 13.2 Å². The first-order chi connectivity index (χ1) is 10.2. The molecule has 0 amide bonds. The fourth-order valence-corrected chi connectivity index (χ4v) is 4.10. The van der Waals surface area contributed by atoms with Crippen LogP contribution in [-0.2, 0) is 4.74 Å². The van der Waals surface area contributed by atoms with Gasteiger partial charge in [-0.1, -0.05) is 19.8 Å². The van der Waals surface area contributed by atoms with Crippen LogP contribution in [0.4, 0.5) is 0 Å². The van der Waals surface area contributed by atoms with Crippen LogP contribution in [0.2, 0.25) is 0 Å². The van der Waals surface area contributed by atoms with Gasteiger partial charge in [-0.25, -0.2) is 9.97 Å². The van der Waals surface area contributed by atoms with Crippen LogP contribution in [0.15, 0.2) is 12.3 Å². The molecule has 0 radical (unpaired) electrons. The molecule has 1 spiro atoms. The van der Waals surface area contributed by atoms with E-state index in [9.17, 15) is 0 Å². The van der Waals surface area contributed by atoms with E-state index in [2.05, 4.69) is 28.3 Å². The fraction of sp³-hybridized carbons (Fsp3) is 0.765. The minimum Gasteiger partial charge on any atom is -0.375 e. The van der Waals surface area contributed by atoms with Crippen molar-refractivity contribution in [2.45, 2.75) is 64.0 Å². The molecule has 4 heteroatoms. The number of hydrogen-bond donors (Lipinski definition) is 1. The second-order valence-corrected chi connectivity index (χ2v) is 6.56. The van der Waals surface area contributed by atoms with Crippen molar-refractivity contribution < 1.29 is 4.74 Å². The molecule has 2 heterocycles. The highest BCUT2D eigenvalue weighted by molar-refractivity contribution is 5.10. The molecule has 0 bridgehead atoms. The van der Waals surface area contributed by atoms with Crippen LogP contribution in [0.5, 0.6) is 0 Å². The van der Waals surface area contributed by atoms with E-state index in [1.165, 1.54) is 32.1 Å². The van der Waals surface area contributed by atoms with Gasteiger partial charge in [0.05, 0.1) is 17.3 Å². The summed E-state index contributed by atoms with van der Waals surface area (Å²) in [7, 11) is 0. The van der Waals surface area contributed by atoms with Crippen molar-refractivity contribution in [3.05, 3.63) is 23.8 Å². The third-order valence-corrected chi connectivity index (χ3v) is 5.06. The van der Waals surface area contributed by atoms with Gasteiger partial charge in [-0.2, -0.15) is 0 Å². The summed E-state index contributed by atoms with van der Waals surface area (Å²) in [5, 5.41) is 3.66. The van der Waals surface area contributed by atoms with Gasteiger partial charge >= 0.3 is 0 Å². The maximum Gasteiger partial charge on any atom is 0.125 e. The van der Waals surface area contributed by atoms with Gasteiger partial charge in [0.1, 0.15) is 5.82 Å². The lowest BCUT2D eigenvalue weighted by atomic mass is 9.79. The monoisotopic (exact) mass is 289 g/mol. The predicted molar refractivity (Wildman–Crippen MR) is 83.1 cm³/mol. The van der Waals surface area contributed by atoms with Gasteiger partial charge in [0.2, 0.25) is 0 Å². The van der Waals surface area contributed by atoms with Crippen LogP contribution in [0, 0.1) is 12.8 Å². The number of nitrogens with one attached hydrogen (secondary N) is 1. The summed E-state index contributed by atoms with van der Waals surface area (Å²) in [6.07, 6.45) is 9.32. The Bertz CT molecular complexity index is 471. The summed E-state index contributed by atoms with van der Waals surface area (Å²) < 4.78 is 6.18. The summed E-state index contributed by atoms with van der Waals surface area (Å²) in [5.41, 5.74) is 1.31. The lowest BCUT2D eigenvalue weighted by Crippen LogP contribution is -2.42. The molecule has 1 aliphatic carbocycles. The molecule has 1 saturated carbocycles. The van der Waals surface area contributed by atoms with E-state index in [0.29, 0.717) is 12.0 Å². The number of ether oxygens (including phenoxy) is 1. The summed E-state index contributed by atoms with van der Waals surface area (Å²) in [6.45, 7) is 6.01. The second-order valence-electron chi connectivity index (χ2n) is 6.56. The zero-order valence-electron chi connectivity index (χ0n) is 13.3. The summed E-state index contributed by atoms with van der Waals surface area (Å²) >= 11 is 0. The van der Waals surface area contributed by atoms with Crippen LogP contribution in [-0.4, -0.2) is 28.7 Å². The van der Waals surface area contributed by atoms with Gasteiger partial charge < -0.3 is 10.1 Å². The van der Waals surface area contributed by atoms with Crippen molar-refractivity contribution >= 4 is 0 Å². The fourth-order valence-electron chi connectivity index (χ4n) is 4.10. The average molecular weight is 289 g/mol. The standard InChI is InChI=1S/C17H27N3O/c1-3-18-16(15-6-10-19-13(2)20-15)14-7-11-21-17(12-14)8-4-5-9-17/h6,10,14,16,18H,3-5,7-9,11-12H2,1-2H3. The number of nitrogens with zero attached hydrogens (tertiary/aromatic N) is 2. The van der Waals surface area contributed by atoms with E-state index in [-0.39, 0.29) is 5.60 Å². The van der Waals surface area contributed by atoms with Gasteiger partial charge in [-0.05, 0) is 51.1 Å². The van der Waals surface area contributed by atoms with Gasteiger partial charge in [0.25, 0.3) is 0 Å². The Hall–Kier alpha value is -1.00. The normalized spacial score (nSPS) is 26.1. The molecule has 1 saturated heterocycles. The minimum atomic E-state index is 0.165. The maximum absolute atomic E-state index is 6.18. The Balaban J connectivity index is 1.80. The smallest absolute Gasteiger partial charge is 0.125 e. The number of hydrogen-bond acceptors (Lipinski definition) is 4. The van der Waals surface area contributed by atoms with Crippen molar-refractivity contribution in [1.82, 2.24) is 15.3 Å². The zero-order valence-corrected chi connectivity index (χ0v) is 13.3. The second kappa shape index (κ2) is 6.41. The summed E-state index contributed by atoms with van der Waals surface area (Å²) in [5.74, 6) is 1.48. The molecule has 2 fully saturated rings. The van der Waals surface area contributed by atoms with E-state index in [1.54, 1.807) is 0 Å². The van der Waals surface area contributed by atoms with E-state index in [1.807, 2.05) is 13.1 Å². The Labute approximate surface area is 127 Å². The lowest BCUT2D eigenvalue weighted by molar-refractivity contribution is -0.0983. The van der Waals surface area contributed by atoms with Crippen molar-refractivity contribution in [3.8, 4) is 0 Å². The van der Waals surface area contributed by atoms with Crippen LogP contribution in [0.25, 0.3) is 0 Å². The molecule has 2 unspecified atom stereocenters. The van der Waals surface area contributed by atoms with Gasteiger partial charge in [-0.15, -0.1) is 0 Å². The highest BCUT2D eigenvalue weighted by atomic mass is 16.5. The van der Waals surface area contributed by atoms with E-state index in [0.717, 1.165) is 31.1 Å². The lowest BCUT2D eigenvalue weighted by Gasteiger charge is -2.41. The topological polar surface area (TPSA) is 47.0 Å². The molecule has 1 aliphatic heterocycles. The Morgan fingerprint density at radius 2 is 2.24 bits per heavy atom. The molecule has 1 N–H and O–H groups in total. The van der Waals surface area contributed by atoms with E-state index in [4.69, 9.17) is 4.74 Å². The van der Waals surface area contributed by atoms with Gasteiger partial charge in [0, 0.05) is 12.8 Å². The van der Waals surface area contributed by atoms with E-state index >= 15 is 0 Å². The molecule has 1 aromatic rings. The number of aromatic nitrogens is 2. The zero-order chi connectivity index (χ0) is 14.7. The Morgan fingerprint density at radius 1 is 1.43 bits per heavy atom. The number of aryl methyl sites for hydroxylation is 1. The molecule has 0 aromatic carbocycles. The molecular formula is C17H27N3O. The molecule has 2 atom stereocenters. The van der Waals surface area contributed by atoms with Crippen molar-refractivity contribution in [2.24, 2.45) is 5.92 Å². The molecule has 4 nitrogen and oxygen atoms in total. The van der Waals surface area contributed by atoms with Crippen molar-refractivity contribution in [3.63, 3.8) is 0 Å². The first kappa shape index (κ1) is 14.9. The van der Waals surface area contributed by atoms with Crippen LogP contribution in [0.1, 0.15) is 63.0 Å². The quantitative estimate of drug-likeness (QED) is 0.925. The first-order valence-corrected chi connectivity index (χ1v) is 8.39. The van der Waals surface area contributed by atoms with Crippen LogP contribution in [0.3, 0.4) is 0 Å². The summed E-state index contributed by atoms with van der Waals surface area (Å²) in [4.78, 5) is 8.90. The predicted octanol–water partition coefficient (Wildman–Crippen LogP) is 3.18. The Morgan fingerprint density at radius 3 is 2.95 bits per heavy atom.